The molecule has 0 radical (unpaired) electrons. The lowest BCUT2D eigenvalue weighted by molar-refractivity contribution is 0.345. The Morgan fingerprint density at radius 2 is 0.539 bits per heavy atom. The molecule has 438 valence electrons. The number of aromatic nitrogens is 6. The highest BCUT2D eigenvalue weighted by Gasteiger charge is 2.19. The van der Waals surface area contributed by atoms with Gasteiger partial charge in [0.2, 0.25) is 0 Å². The van der Waals surface area contributed by atoms with E-state index in [9.17, 15) is 0 Å². The van der Waals surface area contributed by atoms with Gasteiger partial charge in [-0.2, -0.15) is 0 Å². The van der Waals surface area contributed by atoms with Crippen LogP contribution in [0.15, 0.2) is 251 Å². The maximum absolute atomic E-state index is 15.7. The van der Waals surface area contributed by atoms with E-state index in [1.807, 2.05) is 118 Å². The molecule has 0 fully saturated rings. The van der Waals surface area contributed by atoms with Gasteiger partial charge in [-0.05, 0) is 171 Å². The molecule has 32 aromatic rings. The summed E-state index contributed by atoms with van der Waals surface area (Å²) in [5.41, 5.74) is 1.73. The Bertz CT molecular complexity index is 5300. The zero-order valence-corrected chi connectivity index (χ0v) is 51.8. The Hall–Kier alpha value is -10.4. The Labute approximate surface area is 515 Å². The second kappa shape index (κ2) is 22.7. The Balaban J connectivity index is 1.28. The summed E-state index contributed by atoms with van der Waals surface area (Å²) in [5.74, 6) is 0. The minimum absolute atomic E-state index is 0.199. The highest BCUT2D eigenvalue weighted by Crippen LogP contribution is 2.33. The van der Waals surface area contributed by atoms with Crippen LogP contribution in [0.25, 0.3) is 130 Å². The summed E-state index contributed by atoms with van der Waals surface area (Å²) in [6.45, 7) is 19.2. The van der Waals surface area contributed by atoms with Crippen LogP contribution in [0.2, 0.25) is 0 Å². The predicted molar refractivity (Wildman–Crippen MR) is 376 cm³/mol. The molecule has 0 spiro atoms. The normalized spacial score (nSPS) is 12.1. The minimum Gasteiger partial charge on any atom is -0.308 e. The molecule has 0 saturated heterocycles. The lowest BCUT2D eigenvalue weighted by Gasteiger charge is -2.23. The minimum atomic E-state index is -0.759. The van der Waals surface area contributed by atoms with Crippen LogP contribution in [0, 0.1) is 10.8 Å². The molecule has 9 nitrogen and oxygen atoms in total. The predicted octanol–water partition coefficient (Wildman–Crippen LogP) is 19.1. The molecule has 0 unspecified atom stereocenters. The monoisotopic (exact) mass is 1160 g/mol. The third-order valence-electron chi connectivity index (χ3n) is 16.5. The first kappa shape index (κ1) is 57.7. The zero-order chi connectivity index (χ0) is 61.9. The number of nitrogens with zero attached hydrogens (tertiary/aromatic N) is 6. The number of benzene rings is 8. The van der Waals surface area contributed by atoms with Crippen molar-refractivity contribution in [1.29, 1.82) is 0 Å². The first-order valence-electron chi connectivity index (χ1n) is 30.5. The molecule has 0 aliphatic carbocycles. The van der Waals surface area contributed by atoms with Crippen molar-refractivity contribution < 1.29 is 0 Å². The van der Waals surface area contributed by atoms with E-state index in [2.05, 4.69) is 163 Å². The number of pyridine rings is 3. The van der Waals surface area contributed by atoms with Gasteiger partial charge in [-0.1, -0.05) is 169 Å². The van der Waals surface area contributed by atoms with Crippen LogP contribution in [-0.4, -0.2) is 28.7 Å². The van der Waals surface area contributed by atoms with Crippen molar-refractivity contribution in [1.82, 2.24) is 28.7 Å². The van der Waals surface area contributed by atoms with Crippen LogP contribution in [0.1, 0.15) is 62.3 Å². The average molecular weight is 1160 g/mol. The molecule has 9 heteroatoms. The molecular formula is C80H70N6O3. The third-order valence-corrected chi connectivity index (χ3v) is 16.5. The van der Waals surface area contributed by atoms with E-state index in [0.29, 0.717) is 29.6 Å². The van der Waals surface area contributed by atoms with Crippen molar-refractivity contribution in [2.45, 2.75) is 80.9 Å². The SMILES string of the molecule is CC(C)(C)Cn1c(=O)c2cc3cc(c2)c(=O)n(C(C)(C)C)c2ccc(cc2)c2ccc(cn2)c2ccccc2c2cc(cc(c2)c2ccccc2c2ccc(nc2)c2ccc(cc2)n(CC(C)(C)C)c3=O)c2ccccc2c2ccc(nc2)c2ccc1cc2. The van der Waals surface area contributed by atoms with E-state index in [-0.39, 0.29) is 43.7 Å². The topological polar surface area (TPSA) is 105 Å². The summed E-state index contributed by atoms with van der Waals surface area (Å²) < 4.78 is 5.27. The van der Waals surface area contributed by atoms with Crippen LogP contribution in [0.5, 0.6) is 0 Å². The van der Waals surface area contributed by atoms with Gasteiger partial charge in [-0.15, -0.1) is 0 Å². The van der Waals surface area contributed by atoms with E-state index in [4.69, 9.17) is 15.0 Å². The summed E-state index contributed by atoms with van der Waals surface area (Å²) >= 11 is 0. The molecule has 0 N–H and O–H groups in total. The Morgan fingerprint density at radius 1 is 0.281 bits per heavy atom. The van der Waals surface area contributed by atoms with Gasteiger partial charge in [0.25, 0.3) is 16.7 Å². The summed E-state index contributed by atoms with van der Waals surface area (Å²) in [6, 6.07) is 73.7. The average Bonchev–Trinajstić information content (AvgIpc) is 1.04. The Kier molecular flexibility index (Phi) is 14.7. The summed E-state index contributed by atoms with van der Waals surface area (Å²) in [7, 11) is 0. The fraction of sp³-hybridized carbons (Fsp3) is 0.175. The fourth-order valence-corrected chi connectivity index (χ4v) is 12.4. The first-order chi connectivity index (χ1) is 42.7. The summed E-state index contributed by atoms with van der Waals surface area (Å²) in [6.07, 6.45) is 5.82. The van der Waals surface area contributed by atoms with Crippen molar-refractivity contribution in [2.24, 2.45) is 10.8 Å². The van der Waals surface area contributed by atoms with Crippen molar-refractivity contribution in [2.75, 3.05) is 0 Å². The number of hydrogen-bond donors (Lipinski definition) is 0. The van der Waals surface area contributed by atoms with Crippen molar-refractivity contribution in [3.05, 3.63) is 268 Å². The molecule has 0 amide bonds. The molecule has 8 aromatic carbocycles. The van der Waals surface area contributed by atoms with E-state index in [0.717, 1.165) is 97.3 Å². The van der Waals surface area contributed by atoms with Gasteiger partial charge in [0, 0.05) is 102 Å². The van der Waals surface area contributed by atoms with Gasteiger partial charge in [-0.3, -0.25) is 29.3 Å². The van der Waals surface area contributed by atoms with E-state index in [1.165, 1.54) is 0 Å². The van der Waals surface area contributed by atoms with Gasteiger partial charge in [0.1, 0.15) is 0 Å². The van der Waals surface area contributed by atoms with Crippen molar-refractivity contribution >= 4 is 130 Å². The molecule has 24 aromatic heterocycles. The van der Waals surface area contributed by atoms with Gasteiger partial charge in [0.05, 0.1) is 16.6 Å². The number of hydrogen-bond acceptors (Lipinski definition) is 6. The third kappa shape index (κ3) is 11.7. The van der Waals surface area contributed by atoms with E-state index in [1.54, 1.807) is 31.9 Å². The van der Waals surface area contributed by atoms with E-state index < -0.39 is 5.54 Å². The maximum Gasteiger partial charge on any atom is 0.258 e. The molecule has 0 saturated carbocycles. The smallest absolute Gasteiger partial charge is 0.258 e. The molecule has 24 heterocycles. The van der Waals surface area contributed by atoms with Gasteiger partial charge in [0.15, 0.2) is 0 Å². The van der Waals surface area contributed by atoms with Crippen LogP contribution in [-0.2, 0) is 18.6 Å². The summed E-state index contributed by atoms with van der Waals surface area (Å²) in [4.78, 5) is 62.5. The highest BCUT2D eigenvalue weighted by atomic mass is 16.1. The second-order valence-electron chi connectivity index (χ2n) is 26.9. The maximum atomic E-state index is 15.7. The van der Waals surface area contributed by atoms with Crippen molar-refractivity contribution in [3.63, 3.8) is 0 Å². The van der Waals surface area contributed by atoms with Crippen molar-refractivity contribution in [3.8, 4) is 0 Å². The number of rotatable bonds is 2. The van der Waals surface area contributed by atoms with Gasteiger partial charge >= 0.3 is 0 Å². The van der Waals surface area contributed by atoms with Crippen LogP contribution < -0.4 is 16.7 Å². The molecule has 0 aliphatic rings. The highest BCUT2D eigenvalue weighted by molar-refractivity contribution is 6.15. The van der Waals surface area contributed by atoms with Crippen LogP contribution >= 0.6 is 0 Å². The lowest BCUT2D eigenvalue weighted by atomic mass is 9.96. The molecule has 0 aliphatic heterocycles. The first-order valence-corrected chi connectivity index (χ1v) is 30.5. The van der Waals surface area contributed by atoms with Crippen LogP contribution in [0.4, 0.5) is 0 Å². The quantitative estimate of drug-likeness (QED) is 0.171. The summed E-state index contributed by atoms with van der Waals surface area (Å²) in [5, 5.41) is 15.5. The molecule has 18 bridgehead atoms. The van der Waals surface area contributed by atoms with Crippen LogP contribution in [0.3, 0.4) is 0 Å². The standard InChI is InChI=1S/C80H70N6O3/c1-78(2,3)49-84-63-31-22-51(23-32-63)72-37-28-54(46-81-72)66-16-10-13-19-69(66)57-40-58-42-59(41-57)71-21-15-12-18-68(71)56-30-39-74(83-48-56)53-26-35-65(36-27-53)86(80(7,8)9)77(89)62-44-60(75(84)87)43-61(45-62)76(88)85(50-79(4,5)6)64-33-24-52(25-34-64)73-38-29-55(47-82-73)67-17-11-14-20-70(58)67/h10-48H,49-50H2,1-9H3. The van der Waals surface area contributed by atoms with Gasteiger partial charge < -0.3 is 13.7 Å². The zero-order valence-electron chi connectivity index (χ0n) is 51.8. The second-order valence-corrected chi connectivity index (χ2v) is 26.9. The Morgan fingerprint density at radius 3 is 0.809 bits per heavy atom. The van der Waals surface area contributed by atoms with Gasteiger partial charge in [-0.25, -0.2) is 0 Å². The lowest BCUT2D eigenvalue weighted by Crippen LogP contribution is -2.33. The molecule has 0 atom stereocenters. The van der Waals surface area contributed by atoms with E-state index >= 15 is 14.4 Å². The fourth-order valence-electron chi connectivity index (χ4n) is 12.4. The largest absolute Gasteiger partial charge is 0.308 e. The molecule has 32 rings (SSSR count). The molecule has 89 heavy (non-hydrogen) atoms. The molecular weight excluding hydrogens is 1090 g/mol.